The van der Waals surface area contributed by atoms with E-state index in [1.807, 2.05) is 31.8 Å². The molecule has 130 valence electrons. The van der Waals surface area contributed by atoms with Gasteiger partial charge < -0.3 is 9.26 Å². The van der Waals surface area contributed by atoms with Crippen molar-refractivity contribution in [1.82, 2.24) is 19.8 Å². The molecule has 1 saturated carbocycles. The van der Waals surface area contributed by atoms with E-state index in [1.54, 1.807) is 0 Å². The highest BCUT2D eigenvalue weighted by Crippen LogP contribution is 2.32. The molecule has 0 spiro atoms. The predicted octanol–water partition coefficient (Wildman–Crippen LogP) is 2.55. The quantitative estimate of drug-likeness (QED) is 0.815. The minimum Gasteiger partial charge on any atom is -0.380 e. The van der Waals surface area contributed by atoms with E-state index in [4.69, 9.17) is 9.26 Å². The van der Waals surface area contributed by atoms with Crippen molar-refractivity contribution in [3.63, 3.8) is 0 Å². The van der Waals surface area contributed by atoms with Crippen LogP contribution in [0, 0.1) is 19.8 Å². The lowest BCUT2D eigenvalue weighted by atomic mass is 9.95. The lowest BCUT2D eigenvalue weighted by molar-refractivity contribution is 0.0884. The van der Waals surface area contributed by atoms with Crippen LogP contribution in [0.3, 0.4) is 0 Å². The normalized spacial score (nSPS) is 21.2. The maximum Gasteiger partial charge on any atom is 0.138 e. The molecule has 3 heterocycles. The van der Waals surface area contributed by atoms with E-state index >= 15 is 0 Å². The first kappa shape index (κ1) is 15.8. The lowest BCUT2D eigenvalue weighted by Crippen LogP contribution is -2.35. The maximum atomic E-state index is 6.00. The molecule has 1 aliphatic carbocycles. The van der Waals surface area contributed by atoms with Crippen molar-refractivity contribution in [3.05, 3.63) is 34.5 Å². The average molecular weight is 330 g/mol. The van der Waals surface area contributed by atoms with Gasteiger partial charge in [0.1, 0.15) is 5.76 Å². The molecule has 2 aromatic rings. The summed E-state index contributed by atoms with van der Waals surface area (Å²) in [5, 5.41) is 8.56. The third kappa shape index (κ3) is 3.13. The van der Waals surface area contributed by atoms with E-state index in [0.717, 1.165) is 50.2 Å². The van der Waals surface area contributed by atoms with Crippen LogP contribution in [0.2, 0.25) is 0 Å². The molecular weight excluding hydrogens is 304 g/mol. The van der Waals surface area contributed by atoms with Gasteiger partial charge in [0, 0.05) is 50.3 Å². The summed E-state index contributed by atoms with van der Waals surface area (Å²) in [5.74, 6) is 2.12. The van der Waals surface area contributed by atoms with E-state index in [9.17, 15) is 0 Å². The number of hydrogen-bond donors (Lipinski definition) is 0. The molecule has 0 amide bonds. The highest BCUT2D eigenvalue weighted by molar-refractivity contribution is 5.27. The first-order valence-electron chi connectivity index (χ1n) is 8.84. The Morgan fingerprint density at radius 3 is 2.83 bits per heavy atom. The second kappa shape index (κ2) is 6.33. The summed E-state index contributed by atoms with van der Waals surface area (Å²) in [6.07, 6.45) is 4.69. The van der Waals surface area contributed by atoms with Crippen molar-refractivity contribution in [2.75, 3.05) is 19.8 Å². The number of nitrogens with zero attached hydrogens (tertiary/aromatic N) is 4. The van der Waals surface area contributed by atoms with Gasteiger partial charge >= 0.3 is 0 Å². The zero-order chi connectivity index (χ0) is 16.7. The van der Waals surface area contributed by atoms with Crippen LogP contribution < -0.4 is 0 Å². The Balaban J connectivity index is 1.49. The number of rotatable bonds is 6. The van der Waals surface area contributed by atoms with Gasteiger partial charge in [0.25, 0.3) is 0 Å². The summed E-state index contributed by atoms with van der Waals surface area (Å²) in [4.78, 5) is 2.46. The first-order valence-corrected chi connectivity index (χ1v) is 8.84. The lowest BCUT2D eigenvalue weighted by Gasteiger charge is -2.32. The van der Waals surface area contributed by atoms with E-state index in [1.165, 1.54) is 29.7 Å². The Kier molecular flexibility index (Phi) is 4.18. The van der Waals surface area contributed by atoms with Gasteiger partial charge in [0.2, 0.25) is 0 Å². The van der Waals surface area contributed by atoms with E-state index in [-0.39, 0.29) is 0 Å². The highest BCUT2D eigenvalue weighted by Gasteiger charge is 2.30. The van der Waals surface area contributed by atoms with Gasteiger partial charge in [-0.15, -0.1) is 0 Å². The standard InChI is InChI=1S/C18H26N4O2/c1-12-17(13(2)24-20-12)8-22-7-15(11-23-10-14-4-5-14)16-6-19-21(3)18(16)9-22/h6,14-15H,4-5,7-11H2,1-3H3. The summed E-state index contributed by atoms with van der Waals surface area (Å²) in [6, 6.07) is 0. The molecule has 1 aliphatic heterocycles. The van der Waals surface area contributed by atoms with Crippen molar-refractivity contribution in [2.24, 2.45) is 13.0 Å². The first-order chi connectivity index (χ1) is 11.6. The van der Waals surface area contributed by atoms with E-state index < -0.39 is 0 Å². The molecule has 1 atom stereocenters. The zero-order valence-corrected chi connectivity index (χ0v) is 14.8. The average Bonchev–Trinajstić information content (AvgIpc) is 3.25. The summed E-state index contributed by atoms with van der Waals surface area (Å²) in [6.45, 7) is 8.48. The van der Waals surface area contributed by atoms with Crippen LogP contribution in [0.25, 0.3) is 0 Å². The Morgan fingerprint density at radius 2 is 2.12 bits per heavy atom. The van der Waals surface area contributed by atoms with Crippen molar-refractivity contribution in [3.8, 4) is 0 Å². The van der Waals surface area contributed by atoms with E-state index in [0.29, 0.717) is 5.92 Å². The fourth-order valence-corrected chi connectivity index (χ4v) is 3.58. The highest BCUT2D eigenvalue weighted by atomic mass is 16.5. The van der Waals surface area contributed by atoms with Gasteiger partial charge in [-0.3, -0.25) is 9.58 Å². The van der Waals surface area contributed by atoms with Crippen LogP contribution in [-0.2, 0) is 24.9 Å². The summed E-state index contributed by atoms with van der Waals surface area (Å²) < 4.78 is 13.3. The molecule has 0 radical (unpaired) electrons. The Bertz CT molecular complexity index is 697. The van der Waals surface area contributed by atoms with Crippen molar-refractivity contribution in [2.45, 2.75) is 45.7 Å². The molecule has 0 saturated heterocycles. The van der Waals surface area contributed by atoms with Gasteiger partial charge in [-0.05, 0) is 32.6 Å². The molecule has 0 bridgehead atoms. The summed E-state index contributed by atoms with van der Waals surface area (Å²) in [7, 11) is 2.03. The molecule has 2 aromatic heterocycles. The van der Waals surface area contributed by atoms with Crippen LogP contribution in [-0.4, -0.2) is 39.6 Å². The molecule has 4 rings (SSSR count). The van der Waals surface area contributed by atoms with Gasteiger partial charge in [-0.25, -0.2) is 0 Å². The van der Waals surface area contributed by atoms with Gasteiger partial charge in [-0.1, -0.05) is 5.16 Å². The molecule has 24 heavy (non-hydrogen) atoms. The fourth-order valence-electron chi connectivity index (χ4n) is 3.58. The van der Waals surface area contributed by atoms with Gasteiger partial charge in [0.05, 0.1) is 24.2 Å². The molecule has 0 aromatic carbocycles. The monoisotopic (exact) mass is 330 g/mol. The minimum absolute atomic E-state index is 0.390. The molecule has 1 unspecified atom stereocenters. The Hall–Kier alpha value is -1.66. The number of fused-ring (bicyclic) bond motifs is 1. The largest absolute Gasteiger partial charge is 0.380 e. The Morgan fingerprint density at radius 1 is 1.29 bits per heavy atom. The summed E-state index contributed by atoms with van der Waals surface area (Å²) >= 11 is 0. The number of aryl methyl sites for hydroxylation is 3. The van der Waals surface area contributed by atoms with Crippen molar-refractivity contribution < 1.29 is 9.26 Å². The van der Waals surface area contributed by atoms with Crippen LogP contribution >= 0.6 is 0 Å². The fraction of sp³-hybridized carbons (Fsp3) is 0.667. The second-order valence-electron chi connectivity index (χ2n) is 7.32. The van der Waals surface area contributed by atoms with Crippen LogP contribution in [0.15, 0.2) is 10.7 Å². The van der Waals surface area contributed by atoms with Crippen molar-refractivity contribution >= 4 is 0 Å². The molecule has 6 heteroatoms. The van der Waals surface area contributed by atoms with Crippen molar-refractivity contribution in [1.29, 1.82) is 0 Å². The molecule has 0 N–H and O–H groups in total. The maximum absolute atomic E-state index is 6.00. The van der Waals surface area contributed by atoms with Crippen LogP contribution in [0.4, 0.5) is 0 Å². The molecular formula is C18H26N4O2. The molecule has 1 fully saturated rings. The smallest absolute Gasteiger partial charge is 0.138 e. The molecule has 6 nitrogen and oxygen atoms in total. The van der Waals surface area contributed by atoms with Crippen LogP contribution in [0.1, 0.15) is 47.0 Å². The SMILES string of the molecule is Cc1noc(C)c1CN1Cc2c(cnn2C)C(COCC2CC2)C1. The second-order valence-corrected chi connectivity index (χ2v) is 7.32. The number of aromatic nitrogens is 3. The Labute approximate surface area is 142 Å². The topological polar surface area (TPSA) is 56.3 Å². The molecule has 2 aliphatic rings. The third-order valence-corrected chi connectivity index (χ3v) is 5.32. The predicted molar refractivity (Wildman–Crippen MR) is 89.6 cm³/mol. The van der Waals surface area contributed by atoms with Crippen LogP contribution in [0.5, 0.6) is 0 Å². The van der Waals surface area contributed by atoms with Gasteiger partial charge in [-0.2, -0.15) is 5.10 Å². The number of hydrogen-bond acceptors (Lipinski definition) is 5. The summed E-state index contributed by atoms with van der Waals surface area (Å²) in [5.41, 5.74) is 4.85. The minimum atomic E-state index is 0.390. The zero-order valence-electron chi connectivity index (χ0n) is 14.8. The third-order valence-electron chi connectivity index (χ3n) is 5.32. The van der Waals surface area contributed by atoms with E-state index in [2.05, 4.69) is 15.2 Å². The van der Waals surface area contributed by atoms with Gasteiger partial charge in [0.15, 0.2) is 0 Å². The number of ether oxygens (including phenoxy) is 1.